The molecule has 1 fully saturated rings. The van der Waals surface area contributed by atoms with E-state index >= 15 is 0 Å². The van der Waals surface area contributed by atoms with E-state index in [0.717, 1.165) is 25.7 Å². The lowest BCUT2D eigenvalue weighted by Crippen LogP contribution is -2.53. The van der Waals surface area contributed by atoms with Gasteiger partial charge in [-0.05, 0) is 31.6 Å². The fraction of sp³-hybridized carbons (Fsp3) is 0.909. The molecule has 0 aliphatic heterocycles. The lowest BCUT2D eigenvalue weighted by molar-refractivity contribution is -0.123. The molecule has 1 aliphatic rings. The summed E-state index contributed by atoms with van der Waals surface area (Å²) in [5, 5.41) is 12.3. The Balaban J connectivity index is 2.49. The molecule has 3 nitrogen and oxygen atoms in total. The van der Waals surface area contributed by atoms with Gasteiger partial charge in [-0.3, -0.25) is 4.79 Å². The molecule has 1 saturated carbocycles. The smallest absolute Gasteiger partial charge is 0.221 e. The van der Waals surface area contributed by atoms with E-state index in [2.05, 4.69) is 12.2 Å². The first kappa shape index (κ1) is 12.8. The topological polar surface area (TPSA) is 49.3 Å². The van der Waals surface area contributed by atoms with Crippen LogP contribution in [0.1, 0.15) is 39.0 Å². The SMILES string of the molecule is CC1CCC(CO)(NC(=O)CCCl)CC1. The molecule has 88 valence electrons. The minimum atomic E-state index is -0.379. The Morgan fingerprint density at radius 2 is 2.13 bits per heavy atom. The van der Waals surface area contributed by atoms with Crippen molar-refractivity contribution in [1.82, 2.24) is 5.32 Å². The summed E-state index contributed by atoms with van der Waals surface area (Å²) in [7, 11) is 0. The Labute approximate surface area is 96.2 Å². The molecule has 15 heavy (non-hydrogen) atoms. The zero-order valence-electron chi connectivity index (χ0n) is 9.26. The number of carbonyl (C=O) groups excluding carboxylic acids is 1. The van der Waals surface area contributed by atoms with E-state index in [1.54, 1.807) is 0 Å². The van der Waals surface area contributed by atoms with E-state index < -0.39 is 0 Å². The third kappa shape index (κ3) is 3.65. The summed E-state index contributed by atoms with van der Waals surface area (Å²) in [5.41, 5.74) is -0.379. The summed E-state index contributed by atoms with van der Waals surface area (Å²) in [6.45, 7) is 2.25. The van der Waals surface area contributed by atoms with Gasteiger partial charge in [0.15, 0.2) is 0 Å². The molecule has 2 N–H and O–H groups in total. The predicted molar refractivity (Wildman–Crippen MR) is 60.9 cm³/mol. The van der Waals surface area contributed by atoms with Gasteiger partial charge in [0, 0.05) is 12.3 Å². The highest BCUT2D eigenvalue weighted by Gasteiger charge is 2.34. The Hall–Kier alpha value is -0.280. The minimum Gasteiger partial charge on any atom is -0.394 e. The molecule has 0 bridgehead atoms. The zero-order chi connectivity index (χ0) is 11.3. The first-order chi connectivity index (χ1) is 7.12. The van der Waals surface area contributed by atoms with Gasteiger partial charge in [0.1, 0.15) is 0 Å². The van der Waals surface area contributed by atoms with Crippen LogP contribution >= 0.6 is 11.6 Å². The van der Waals surface area contributed by atoms with Crippen LogP contribution in [0.25, 0.3) is 0 Å². The van der Waals surface area contributed by atoms with Crippen molar-refractivity contribution in [3.8, 4) is 0 Å². The number of hydrogen-bond donors (Lipinski definition) is 2. The summed E-state index contributed by atoms with van der Waals surface area (Å²) in [5.74, 6) is 0.993. The number of aliphatic hydroxyl groups is 1. The fourth-order valence-corrected chi connectivity index (χ4v) is 2.25. The number of halogens is 1. The van der Waals surface area contributed by atoms with Crippen LogP contribution in [-0.4, -0.2) is 29.0 Å². The van der Waals surface area contributed by atoms with Crippen molar-refractivity contribution in [3.05, 3.63) is 0 Å². The van der Waals surface area contributed by atoms with Crippen LogP contribution < -0.4 is 5.32 Å². The maximum absolute atomic E-state index is 11.5. The third-order valence-corrected chi connectivity index (χ3v) is 3.45. The van der Waals surface area contributed by atoms with E-state index in [1.165, 1.54) is 0 Å². The molecule has 1 rings (SSSR count). The van der Waals surface area contributed by atoms with Gasteiger partial charge >= 0.3 is 0 Å². The maximum Gasteiger partial charge on any atom is 0.221 e. The number of nitrogens with one attached hydrogen (secondary N) is 1. The van der Waals surface area contributed by atoms with E-state index in [-0.39, 0.29) is 18.1 Å². The summed E-state index contributed by atoms with van der Waals surface area (Å²) >= 11 is 5.50. The third-order valence-electron chi connectivity index (χ3n) is 3.26. The maximum atomic E-state index is 11.5. The van der Waals surface area contributed by atoms with Gasteiger partial charge in [-0.1, -0.05) is 6.92 Å². The predicted octanol–water partition coefficient (Wildman–Crippen LogP) is 1.67. The van der Waals surface area contributed by atoms with Crippen LogP contribution in [0.15, 0.2) is 0 Å². The van der Waals surface area contributed by atoms with E-state index in [9.17, 15) is 9.90 Å². The minimum absolute atomic E-state index is 0.0355. The second-order valence-corrected chi connectivity index (χ2v) is 4.99. The zero-order valence-corrected chi connectivity index (χ0v) is 10.0. The fourth-order valence-electron chi connectivity index (χ4n) is 2.08. The molecule has 0 radical (unpaired) electrons. The molecular formula is C11H20ClNO2. The van der Waals surface area contributed by atoms with Gasteiger partial charge in [0.25, 0.3) is 0 Å². The summed E-state index contributed by atoms with van der Waals surface area (Å²) in [6.07, 6.45) is 4.22. The summed E-state index contributed by atoms with van der Waals surface area (Å²) < 4.78 is 0. The molecule has 4 heteroatoms. The second-order valence-electron chi connectivity index (χ2n) is 4.61. The van der Waals surface area contributed by atoms with Crippen molar-refractivity contribution in [2.45, 2.75) is 44.6 Å². The number of alkyl halides is 1. The molecule has 0 aromatic carbocycles. The second kappa shape index (κ2) is 5.71. The van der Waals surface area contributed by atoms with E-state index in [1.807, 2.05) is 0 Å². The van der Waals surface area contributed by atoms with Gasteiger partial charge in [-0.15, -0.1) is 11.6 Å². The number of hydrogen-bond acceptors (Lipinski definition) is 2. The molecule has 1 aliphatic carbocycles. The Kier molecular flexibility index (Phi) is 4.87. The molecule has 0 aromatic heterocycles. The highest BCUT2D eigenvalue weighted by Crippen LogP contribution is 2.31. The standard InChI is InChI=1S/C11H20ClNO2/c1-9-2-5-11(8-14,6-3-9)13-10(15)4-7-12/h9,14H,2-8H2,1H3,(H,13,15). The lowest BCUT2D eigenvalue weighted by Gasteiger charge is -2.38. The van der Waals surface area contributed by atoms with Crippen LogP contribution in [0.3, 0.4) is 0 Å². The summed E-state index contributed by atoms with van der Waals surface area (Å²) in [6, 6.07) is 0. The van der Waals surface area contributed by atoms with E-state index in [0.29, 0.717) is 18.2 Å². The van der Waals surface area contributed by atoms with Crippen molar-refractivity contribution in [2.24, 2.45) is 5.92 Å². The molecule has 0 atom stereocenters. The van der Waals surface area contributed by atoms with Gasteiger partial charge in [-0.25, -0.2) is 0 Å². The highest BCUT2D eigenvalue weighted by molar-refractivity contribution is 6.18. The highest BCUT2D eigenvalue weighted by atomic mass is 35.5. The summed E-state index contributed by atoms with van der Waals surface area (Å²) in [4.78, 5) is 11.5. The lowest BCUT2D eigenvalue weighted by atomic mass is 9.77. The van der Waals surface area contributed by atoms with Crippen LogP contribution in [0, 0.1) is 5.92 Å². The number of amides is 1. The first-order valence-electron chi connectivity index (χ1n) is 5.60. The average molecular weight is 234 g/mol. The molecule has 0 spiro atoms. The van der Waals surface area contributed by atoms with Crippen molar-refractivity contribution in [1.29, 1.82) is 0 Å². The number of rotatable bonds is 4. The molecule has 0 aromatic rings. The van der Waals surface area contributed by atoms with Gasteiger partial charge in [0.05, 0.1) is 12.1 Å². The molecule has 1 amide bonds. The van der Waals surface area contributed by atoms with Crippen molar-refractivity contribution < 1.29 is 9.90 Å². The normalized spacial score (nSPS) is 31.3. The number of carbonyl (C=O) groups is 1. The quantitative estimate of drug-likeness (QED) is 0.726. The van der Waals surface area contributed by atoms with Crippen molar-refractivity contribution in [3.63, 3.8) is 0 Å². The van der Waals surface area contributed by atoms with E-state index in [4.69, 9.17) is 11.6 Å². The van der Waals surface area contributed by atoms with Crippen LogP contribution in [-0.2, 0) is 4.79 Å². The van der Waals surface area contributed by atoms with Gasteiger partial charge < -0.3 is 10.4 Å². The molecule has 0 heterocycles. The first-order valence-corrected chi connectivity index (χ1v) is 6.13. The average Bonchev–Trinajstić information content (AvgIpc) is 2.22. The van der Waals surface area contributed by atoms with Crippen molar-refractivity contribution >= 4 is 17.5 Å². The Morgan fingerprint density at radius 1 is 1.53 bits per heavy atom. The Morgan fingerprint density at radius 3 is 2.60 bits per heavy atom. The van der Waals surface area contributed by atoms with Gasteiger partial charge in [-0.2, -0.15) is 0 Å². The molecular weight excluding hydrogens is 214 g/mol. The monoisotopic (exact) mass is 233 g/mol. The Bertz CT molecular complexity index is 213. The van der Waals surface area contributed by atoms with Crippen molar-refractivity contribution in [2.75, 3.05) is 12.5 Å². The van der Waals surface area contributed by atoms with Gasteiger partial charge in [0.2, 0.25) is 5.91 Å². The molecule has 0 unspecified atom stereocenters. The van der Waals surface area contributed by atoms with Crippen LogP contribution in [0.5, 0.6) is 0 Å². The van der Waals surface area contributed by atoms with Crippen LogP contribution in [0.2, 0.25) is 0 Å². The number of aliphatic hydroxyl groups excluding tert-OH is 1. The van der Waals surface area contributed by atoms with Crippen LogP contribution in [0.4, 0.5) is 0 Å². The molecule has 0 saturated heterocycles. The largest absolute Gasteiger partial charge is 0.394 e.